The molecule has 1 amide bonds. The fourth-order valence-electron chi connectivity index (χ4n) is 2.57. The molecule has 2 aromatic rings. The van der Waals surface area contributed by atoms with E-state index >= 15 is 0 Å². The molecule has 9 heteroatoms. The smallest absolute Gasteiger partial charge is 0.244 e. The van der Waals surface area contributed by atoms with Gasteiger partial charge in [0, 0.05) is 38.2 Å². The number of benzene rings is 1. The quantitative estimate of drug-likeness (QED) is 0.513. The second kappa shape index (κ2) is 7.18. The summed E-state index contributed by atoms with van der Waals surface area (Å²) in [7, 11) is 0. The van der Waals surface area contributed by atoms with Crippen LogP contribution in [0.2, 0.25) is 0 Å². The SMILES string of the molecule is CC(=O)c1nc(NC(=O)[C@H]2CNCCN2)sc1-c1cc(O)cc(O)c1. The molecule has 1 fully saturated rings. The number of carbonyl (C=O) groups excluding carboxylic acids is 2. The number of aromatic nitrogens is 1. The topological polar surface area (TPSA) is 124 Å². The standard InChI is InChI=1S/C16H18N4O4S/c1-8(21)13-14(9-4-10(22)6-11(23)5-9)25-16(19-13)20-15(24)12-7-17-2-3-18-12/h4-6,12,17-18,22-23H,2-3,7H2,1H3,(H,19,20,24)/t12-/m1/s1. The number of ketones is 1. The first-order chi connectivity index (χ1) is 11.9. The van der Waals surface area contributed by atoms with E-state index in [1.807, 2.05) is 0 Å². The van der Waals surface area contributed by atoms with Crippen molar-refractivity contribution in [2.75, 3.05) is 25.0 Å². The molecule has 1 atom stereocenters. The van der Waals surface area contributed by atoms with E-state index in [1.54, 1.807) is 0 Å². The molecule has 1 aliphatic heterocycles. The zero-order valence-corrected chi connectivity index (χ0v) is 14.3. The molecular weight excluding hydrogens is 344 g/mol. The van der Waals surface area contributed by atoms with Crippen LogP contribution in [0.4, 0.5) is 5.13 Å². The number of piperazine rings is 1. The first-order valence-electron chi connectivity index (χ1n) is 7.74. The zero-order valence-electron chi connectivity index (χ0n) is 13.5. The Hall–Kier alpha value is -2.49. The Balaban J connectivity index is 1.89. The van der Waals surface area contributed by atoms with Gasteiger partial charge in [-0.05, 0) is 12.1 Å². The molecule has 8 nitrogen and oxygen atoms in total. The van der Waals surface area contributed by atoms with Crippen molar-refractivity contribution in [3.8, 4) is 21.9 Å². The molecule has 0 unspecified atom stereocenters. The molecule has 25 heavy (non-hydrogen) atoms. The number of phenols is 2. The number of hydrogen-bond donors (Lipinski definition) is 5. The fourth-order valence-corrected chi connectivity index (χ4v) is 3.57. The maximum atomic E-state index is 12.3. The number of rotatable bonds is 4. The van der Waals surface area contributed by atoms with Gasteiger partial charge >= 0.3 is 0 Å². The summed E-state index contributed by atoms with van der Waals surface area (Å²) in [6.45, 7) is 3.40. The highest BCUT2D eigenvalue weighted by molar-refractivity contribution is 7.19. The number of nitrogens with zero attached hydrogens (tertiary/aromatic N) is 1. The highest BCUT2D eigenvalue weighted by Gasteiger charge is 2.23. The van der Waals surface area contributed by atoms with E-state index in [2.05, 4.69) is 20.9 Å². The van der Waals surface area contributed by atoms with Gasteiger partial charge in [0.1, 0.15) is 17.2 Å². The minimum absolute atomic E-state index is 0.124. The molecule has 0 bridgehead atoms. The Morgan fingerprint density at radius 2 is 1.96 bits per heavy atom. The lowest BCUT2D eigenvalue weighted by molar-refractivity contribution is -0.118. The largest absolute Gasteiger partial charge is 0.508 e. The Morgan fingerprint density at radius 1 is 1.24 bits per heavy atom. The lowest BCUT2D eigenvalue weighted by Gasteiger charge is -2.22. The average Bonchev–Trinajstić information content (AvgIpc) is 2.99. The Labute approximate surface area is 147 Å². The highest BCUT2D eigenvalue weighted by Crippen LogP contribution is 2.37. The third-order valence-electron chi connectivity index (χ3n) is 3.71. The van der Waals surface area contributed by atoms with Crippen molar-refractivity contribution in [1.29, 1.82) is 0 Å². The molecule has 1 saturated heterocycles. The number of aromatic hydroxyl groups is 2. The zero-order chi connectivity index (χ0) is 18.0. The van der Waals surface area contributed by atoms with Crippen LogP contribution in [0, 0.1) is 0 Å². The maximum absolute atomic E-state index is 12.3. The van der Waals surface area contributed by atoms with Gasteiger partial charge in [0.05, 0.1) is 10.9 Å². The third kappa shape index (κ3) is 3.95. The van der Waals surface area contributed by atoms with Crippen LogP contribution >= 0.6 is 11.3 Å². The van der Waals surface area contributed by atoms with E-state index in [-0.39, 0.29) is 34.9 Å². The summed E-state index contributed by atoms with van der Waals surface area (Å²) in [4.78, 5) is 28.9. The first kappa shape index (κ1) is 17.3. The Morgan fingerprint density at radius 3 is 2.56 bits per heavy atom. The molecule has 5 N–H and O–H groups in total. The van der Waals surface area contributed by atoms with Crippen LogP contribution in [0.25, 0.3) is 10.4 Å². The number of Topliss-reactive ketones (excluding diaryl/α,β-unsaturated/α-hetero) is 1. The van der Waals surface area contributed by atoms with E-state index in [0.29, 0.717) is 28.7 Å². The van der Waals surface area contributed by atoms with Gasteiger partial charge in [0.2, 0.25) is 5.91 Å². The van der Waals surface area contributed by atoms with Crippen molar-refractivity contribution in [3.05, 3.63) is 23.9 Å². The van der Waals surface area contributed by atoms with E-state index in [4.69, 9.17) is 0 Å². The van der Waals surface area contributed by atoms with E-state index in [9.17, 15) is 19.8 Å². The molecule has 0 radical (unpaired) electrons. The number of carbonyl (C=O) groups is 2. The van der Waals surface area contributed by atoms with Gasteiger partial charge in [0.25, 0.3) is 0 Å². The average molecular weight is 362 g/mol. The van der Waals surface area contributed by atoms with Gasteiger partial charge in [-0.2, -0.15) is 0 Å². The second-order valence-electron chi connectivity index (χ2n) is 5.69. The van der Waals surface area contributed by atoms with Crippen molar-refractivity contribution in [1.82, 2.24) is 15.6 Å². The first-order valence-corrected chi connectivity index (χ1v) is 8.56. The van der Waals surface area contributed by atoms with E-state index in [0.717, 1.165) is 17.9 Å². The minimum atomic E-state index is -0.369. The summed E-state index contributed by atoms with van der Waals surface area (Å²) < 4.78 is 0. The van der Waals surface area contributed by atoms with Gasteiger partial charge in [0.15, 0.2) is 10.9 Å². The normalized spacial score (nSPS) is 17.2. The summed E-state index contributed by atoms with van der Waals surface area (Å²) >= 11 is 1.12. The van der Waals surface area contributed by atoms with Crippen molar-refractivity contribution < 1.29 is 19.8 Å². The Kier molecular flexibility index (Phi) is 4.98. The monoisotopic (exact) mass is 362 g/mol. The van der Waals surface area contributed by atoms with E-state index in [1.165, 1.54) is 25.1 Å². The molecule has 2 heterocycles. The van der Waals surface area contributed by atoms with Crippen LogP contribution in [0.1, 0.15) is 17.4 Å². The molecule has 3 rings (SSSR count). The van der Waals surface area contributed by atoms with Crippen LogP contribution in [-0.2, 0) is 4.79 Å². The Bertz CT molecular complexity index is 794. The summed E-state index contributed by atoms with van der Waals surface area (Å²) in [6.07, 6.45) is 0. The molecule has 0 spiro atoms. The van der Waals surface area contributed by atoms with E-state index < -0.39 is 0 Å². The van der Waals surface area contributed by atoms with Gasteiger partial charge < -0.3 is 26.2 Å². The summed E-state index contributed by atoms with van der Waals surface area (Å²) in [5, 5.41) is 28.6. The number of nitrogens with one attached hydrogen (secondary N) is 3. The second-order valence-corrected chi connectivity index (χ2v) is 6.69. The van der Waals surface area contributed by atoms with Gasteiger partial charge in [-0.15, -0.1) is 0 Å². The minimum Gasteiger partial charge on any atom is -0.508 e. The van der Waals surface area contributed by atoms with Gasteiger partial charge in [-0.1, -0.05) is 11.3 Å². The predicted molar refractivity (Wildman–Crippen MR) is 94.2 cm³/mol. The molecule has 1 aliphatic rings. The molecule has 1 aromatic heterocycles. The maximum Gasteiger partial charge on any atom is 0.244 e. The molecular formula is C16H18N4O4S. The van der Waals surface area contributed by atoms with Crippen molar-refractivity contribution in [2.24, 2.45) is 0 Å². The van der Waals surface area contributed by atoms with Crippen LogP contribution in [0.5, 0.6) is 11.5 Å². The van der Waals surface area contributed by atoms with Crippen LogP contribution in [0.3, 0.4) is 0 Å². The molecule has 0 aliphatic carbocycles. The number of amides is 1. The summed E-state index contributed by atoms with van der Waals surface area (Å²) in [5.74, 6) is -0.754. The predicted octanol–water partition coefficient (Wildman–Crippen LogP) is 0.924. The van der Waals surface area contributed by atoms with Crippen molar-refractivity contribution in [2.45, 2.75) is 13.0 Å². The van der Waals surface area contributed by atoms with Gasteiger partial charge in [-0.3, -0.25) is 9.59 Å². The number of phenolic OH excluding ortho intramolecular Hbond substituents is 2. The number of anilines is 1. The third-order valence-corrected chi connectivity index (χ3v) is 4.73. The van der Waals surface area contributed by atoms with Crippen LogP contribution in [0.15, 0.2) is 18.2 Å². The summed E-state index contributed by atoms with van der Waals surface area (Å²) in [6, 6.07) is 3.68. The van der Waals surface area contributed by atoms with Crippen molar-refractivity contribution in [3.63, 3.8) is 0 Å². The van der Waals surface area contributed by atoms with Crippen molar-refractivity contribution >= 4 is 28.2 Å². The fraction of sp³-hybridized carbons (Fsp3) is 0.312. The lowest BCUT2D eigenvalue weighted by Crippen LogP contribution is -2.54. The molecule has 132 valence electrons. The molecule has 1 aromatic carbocycles. The highest BCUT2D eigenvalue weighted by atomic mass is 32.1. The lowest BCUT2D eigenvalue weighted by atomic mass is 10.1. The number of thiazole rings is 1. The number of hydrogen-bond acceptors (Lipinski definition) is 8. The van der Waals surface area contributed by atoms with Crippen LogP contribution < -0.4 is 16.0 Å². The van der Waals surface area contributed by atoms with Crippen LogP contribution in [-0.4, -0.2) is 52.6 Å². The molecule has 0 saturated carbocycles. The summed E-state index contributed by atoms with van der Waals surface area (Å²) in [5.41, 5.74) is 0.637. The van der Waals surface area contributed by atoms with Gasteiger partial charge in [-0.25, -0.2) is 4.98 Å².